The van der Waals surface area contributed by atoms with E-state index in [-0.39, 0.29) is 29.2 Å². The minimum atomic E-state index is -3.98. The standard InChI is InChI=1S/C40H51IN5O9S/c1-39(21-22-39)56(52,53)45-37(49)40-32(41-40)18-10-5-3-4-9-17-30(43-38(50)51)36(48)46-24-26(23-31(46)34(47)44-40)55-35-28(15-8-6-7-13-25-19-20-25)33(54-2)27-14-11-12-16-29(27)42-35/h8,10-12,14-16,18,25-26,30-32,43H,3-7,9,13,17,19-24H2,1-2H3,(H,44,47)(H,45,49)(H,50,51)/q-1/b15-8+,18-10-/t26-,30+,31+,32+,40-/m1/s1. The van der Waals surface area contributed by atoms with Gasteiger partial charge in [0.05, 0.1) is 0 Å². The molecule has 56 heavy (non-hydrogen) atoms. The third-order valence-electron chi connectivity index (χ3n) is 11.5. The molecular weight excluding hydrogens is 853 g/mol. The number of carboxylic acid groups (broad SMARTS) is 1. The molecule has 14 nitrogen and oxygen atoms in total. The summed E-state index contributed by atoms with van der Waals surface area (Å²) in [6, 6.07) is 5.28. The van der Waals surface area contributed by atoms with Gasteiger partial charge in [-0.05, 0) is 12.3 Å². The van der Waals surface area contributed by atoms with Gasteiger partial charge in [-0.3, -0.25) is 0 Å². The number of unbranched alkanes of at least 4 members (excludes halogenated alkanes) is 1. The van der Waals surface area contributed by atoms with Gasteiger partial charge in [-0.25, -0.2) is 0 Å². The fourth-order valence-electron chi connectivity index (χ4n) is 7.58. The number of nitrogens with one attached hydrogen (secondary N) is 3. The first-order valence-electron chi connectivity index (χ1n) is 19.6. The Morgan fingerprint density at radius 3 is 2.66 bits per heavy atom. The number of ether oxygens (including phenoxy) is 2. The summed E-state index contributed by atoms with van der Waals surface area (Å²) in [4.78, 5) is 60.7. The minimum absolute atomic E-state index is 0.0195. The number of nitrogens with zero attached hydrogens (tertiary/aromatic N) is 2. The number of alkyl halides is 2. The Balaban J connectivity index is 1.19. The number of sulfonamides is 1. The molecule has 0 bridgehead atoms. The van der Waals surface area contributed by atoms with Gasteiger partial charge in [0.15, 0.2) is 0 Å². The van der Waals surface area contributed by atoms with Gasteiger partial charge in [0.25, 0.3) is 0 Å². The molecule has 5 aliphatic rings. The van der Waals surface area contributed by atoms with Gasteiger partial charge in [0, 0.05) is 0 Å². The molecule has 7 rings (SSSR count). The van der Waals surface area contributed by atoms with Crippen molar-refractivity contribution in [1.29, 1.82) is 0 Å². The Hall–Kier alpha value is -3.93. The summed E-state index contributed by atoms with van der Waals surface area (Å²) in [5.74, 6) is -0.290. The molecule has 3 aliphatic heterocycles. The maximum atomic E-state index is 14.4. The van der Waals surface area contributed by atoms with E-state index in [1.807, 2.05) is 42.5 Å². The molecule has 2 aromatic rings. The molecule has 4 N–H and O–H groups in total. The first kappa shape index (κ1) is 40.3. The topological polar surface area (TPSA) is 193 Å². The predicted molar refractivity (Wildman–Crippen MR) is 205 cm³/mol. The van der Waals surface area contributed by atoms with E-state index in [9.17, 15) is 32.7 Å². The van der Waals surface area contributed by atoms with E-state index in [0.29, 0.717) is 42.5 Å². The number of carbonyl (C=O) groups is 4. The number of pyridine rings is 1. The zero-order valence-electron chi connectivity index (χ0n) is 31.8. The molecular formula is C40H51IN5O9S-. The van der Waals surface area contributed by atoms with Crippen molar-refractivity contribution < 1.29 is 63.4 Å². The first-order valence-corrected chi connectivity index (χ1v) is 23.4. The van der Waals surface area contributed by atoms with Crippen LogP contribution in [0.1, 0.15) is 96.0 Å². The van der Waals surface area contributed by atoms with Crippen LogP contribution >= 0.6 is 0 Å². The molecule has 16 heteroatoms. The van der Waals surface area contributed by atoms with Crippen LogP contribution in [0, 0.1) is 5.92 Å². The number of fused-ring (bicyclic) bond motifs is 3. The second-order valence-corrected chi connectivity index (χ2v) is 21.7. The molecule has 0 unspecified atom stereocenters. The number of hydrogen-bond acceptors (Lipinski definition) is 9. The number of carbonyl (C=O) groups excluding carboxylic acids is 3. The Kier molecular flexibility index (Phi) is 11.9. The van der Waals surface area contributed by atoms with Crippen LogP contribution in [0.25, 0.3) is 17.0 Å². The van der Waals surface area contributed by atoms with Crippen molar-refractivity contribution in [2.45, 2.75) is 121 Å². The number of amides is 4. The molecule has 4 heterocycles. The maximum absolute atomic E-state index is 14.4. The van der Waals surface area contributed by atoms with Crippen LogP contribution in [0.3, 0.4) is 0 Å². The first-order chi connectivity index (χ1) is 26.8. The van der Waals surface area contributed by atoms with Gasteiger partial charge >= 0.3 is 302 Å². The Morgan fingerprint density at radius 1 is 1.14 bits per heavy atom. The molecule has 2 saturated heterocycles. The number of rotatable bonds is 12. The SMILES string of the molecule is COc1c(/C=C/CCCC2CC2)c(O[C@@H]2C[C@H]3C(=O)N[C@]4(C(=O)NS(=O)(=O)C5(C)CC5)[I-][C@H]4/C=C\CCCCC[C@H](NC(=O)O)C(=O)N3C2)nc2ccccc12. The average molecular weight is 905 g/mol. The van der Waals surface area contributed by atoms with E-state index in [2.05, 4.69) is 21.4 Å². The van der Waals surface area contributed by atoms with Crippen molar-refractivity contribution in [2.75, 3.05) is 13.7 Å². The van der Waals surface area contributed by atoms with Crippen molar-refractivity contribution in [3.63, 3.8) is 0 Å². The number of methoxy groups -OCH3 is 1. The van der Waals surface area contributed by atoms with E-state index in [1.165, 1.54) is 24.2 Å². The van der Waals surface area contributed by atoms with Gasteiger partial charge in [0.1, 0.15) is 0 Å². The van der Waals surface area contributed by atoms with Crippen LogP contribution in [0.5, 0.6) is 11.6 Å². The van der Waals surface area contributed by atoms with Crippen molar-refractivity contribution in [1.82, 2.24) is 25.2 Å². The van der Waals surface area contributed by atoms with Crippen molar-refractivity contribution >= 4 is 50.8 Å². The van der Waals surface area contributed by atoms with E-state index in [1.54, 1.807) is 14.0 Å². The molecule has 4 amide bonds. The zero-order chi connectivity index (χ0) is 39.7. The number of aromatic nitrogens is 1. The molecule has 2 saturated carbocycles. The Morgan fingerprint density at radius 2 is 1.93 bits per heavy atom. The fraction of sp³-hybridized carbons (Fsp3) is 0.575. The number of hydrogen-bond donors (Lipinski definition) is 4. The van der Waals surface area contributed by atoms with Gasteiger partial charge in [-0.2, -0.15) is 0 Å². The van der Waals surface area contributed by atoms with Crippen LogP contribution in [-0.4, -0.2) is 91.3 Å². The van der Waals surface area contributed by atoms with Gasteiger partial charge in [-0.15, -0.1) is 0 Å². The van der Waals surface area contributed by atoms with Gasteiger partial charge in [-0.1, -0.05) is 25.3 Å². The molecule has 2 aliphatic carbocycles. The number of para-hydroxylation sites is 1. The molecule has 5 atom stereocenters. The van der Waals surface area contributed by atoms with Crippen molar-refractivity contribution in [3.8, 4) is 11.6 Å². The molecule has 304 valence electrons. The Bertz CT molecular complexity index is 2030. The summed E-state index contributed by atoms with van der Waals surface area (Å²) in [5, 5.41) is 15.8. The molecule has 0 spiro atoms. The van der Waals surface area contributed by atoms with Crippen LogP contribution < -0.4 is 46.0 Å². The molecule has 0 radical (unpaired) electrons. The summed E-state index contributed by atoms with van der Waals surface area (Å²) >= 11 is -1.04. The number of allylic oxidation sites excluding steroid dienone is 2. The summed E-state index contributed by atoms with van der Waals surface area (Å²) in [6.45, 7) is 1.54. The van der Waals surface area contributed by atoms with E-state index < -0.39 is 81.5 Å². The monoisotopic (exact) mass is 904 g/mol. The van der Waals surface area contributed by atoms with E-state index >= 15 is 0 Å². The van der Waals surface area contributed by atoms with Gasteiger partial charge in [0.2, 0.25) is 0 Å². The molecule has 4 fully saturated rings. The third-order valence-corrected chi connectivity index (χ3v) is 17.4. The predicted octanol–water partition coefficient (Wildman–Crippen LogP) is 1.62. The van der Waals surface area contributed by atoms with Crippen molar-refractivity contribution in [3.05, 3.63) is 48.1 Å². The van der Waals surface area contributed by atoms with Crippen molar-refractivity contribution in [2.24, 2.45) is 5.92 Å². The third kappa shape index (κ3) is 8.80. The quantitative estimate of drug-likeness (QED) is 0.0801. The zero-order valence-corrected chi connectivity index (χ0v) is 34.8. The second kappa shape index (κ2) is 16.5. The summed E-state index contributed by atoms with van der Waals surface area (Å²) < 4.78 is 38.4. The van der Waals surface area contributed by atoms with Crippen LogP contribution in [-0.2, 0) is 24.4 Å². The average Bonchev–Trinajstić information content (AvgIpc) is 4.11. The van der Waals surface area contributed by atoms with Crippen LogP contribution in [0.4, 0.5) is 4.79 Å². The van der Waals surface area contributed by atoms with E-state index in [4.69, 9.17) is 14.5 Å². The summed E-state index contributed by atoms with van der Waals surface area (Å²) in [7, 11) is -2.39. The number of halogens is 1. The number of benzene rings is 1. The van der Waals surface area contributed by atoms with E-state index in [0.717, 1.165) is 37.0 Å². The summed E-state index contributed by atoms with van der Waals surface area (Å²) in [6.07, 6.45) is 15.4. The van der Waals surface area contributed by atoms with Crippen LogP contribution in [0.15, 0.2) is 42.5 Å². The molecule has 1 aromatic carbocycles. The van der Waals surface area contributed by atoms with Crippen LogP contribution in [0.2, 0.25) is 0 Å². The Labute approximate surface area is 337 Å². The fourth-order valence-corrected chi connectivity index (χ4v) is 11.9. The normalized spacial score (nSPS) is 28.4. The summed E-state index contributed by atoms with van der Waals surface area (Å²) in [5.41, 5.74) is 1.26. The molecule has 1 aromatic heterocycles. The second-order valence-electron chi connectivity index (χ2n) is 15.8. The van der Waals surface area contributed by atoms with Gasteiger partial charge < -0.3 is 0 Å².